The van der Waals surface area contributed by atoms with Crippen LogP contribution >= 0.6 is 0 Å². The van der Waals surface area contributed by atoms with E-state index in [0.29, 0.717) is 17.5 Å². The van der Waals surface area contributed by atoms with Crippen LogP contribution in [0, 0.1) is 0 Å². The van der Waals surface area contributed by atoms with Gasteiger partial charge < -0.3 is 8.98 Å². The largest absolute Gasteiger partial charge is 0.456 e. The van der Waals surface area contributed by atoms with Crippen LogP contribution in [0.1, 0.15) is 0 Å². The SMILES string of the molecule is c1ccc(-c2nc(-c3ccc4oc5cc(-n6c7ccccc7c7cc8ccccc8cc76)c6ccccc6c5c4c3)nc(-c3cccc4ccccc34)n2)cc1. The average molecular weight is 715 g/mol. The molecule has 56 heavy (non-hydrogen) atoms. The molecule has 0 unspecified atom stereocenters. The number of hydrogen-bond donors (Lipinski definition) is 0. The minimum atomic E-state index is 0.608. The molecule has 0 aliphatic rings. The number of rotatable bonds is 4. The fourth-order valence-corrected chi connectivity index (χ4v) is 8.62. The topological polar surface area (TPSA) is 56.7 Å². The number of furan rings is 1. The van der Waals surface area contributed by atoms with Gasteiger partial charge in [-0.2, -0.15) is 0 Å². The summed E-state index contributed by atoms with van der Waals surface area (Å²) in [6.07, 6.45) is 0. The molecule has 12 rings (SSSR count). The van der Waals surface area contributed by atoms with Crippen LogP contribution in [0.2, 0.25) is 0 Å². The van der Waals surface area contributed by atoms with E-state index in [0.717, 1.165) is 71.4 Å². The minimum Gasteiger partial charge on any atom is -0.456 e. The van der Waals surface area contributed by atoms with Gasteiger partial charge in [-0.3, -0.25) is 0 Å². The van der Waals surface area contributed by atoms with Crippen LogP contribution in [-0.4, -0.2) is 19.5 Å². The Morgan fingerprint density at radius 3 is 1.84 bits per heavy atom. The van der Waals surface area contributed by atoms with Crippen LogP contribution in [-0.2, 0) is 0 Å². The second-order valence-corrected chi connectivity index (χ2v) is 14.4. The maximum atomic E-state index is 6.75. The lowest BCUT2D eigenvalue weighted by atomic mass is 10.0. The third kappa shape index (κ3) is 4.64. The summed E-state index contributed by atoms with van der Waals surface area (Å²) >= 11 is 0. The maximum Gasteiger partial charge on any atom is 0.164 e. The summed E-state index contributed by atoms with van der Waals surface area (Å²) in [5.74, 6) is 1.87. The molecule has 0 fully saturated rings. The second-order valence-electron chi connectivity index (χ2n) is 14.4. The number of hydrogen-bond acceptors (Lipinski definition) is 4. The van der Waals surface area contributed by atoms with Crippen molar-refractivity contribution in [2.45, 2.75) is 0 Å². The van der Waals surface area contributed by atoms with Gasteiger partial charge in [0.2, 0.25) is 0 Å². The van der Waals surface area contributed by atoms with E-state index in [1.165, 1.54) is 27.1 Å². The van der Waals surface area contributed by atoms with E-state index in [4.69, 9.17) is 19.4 Å². The van der Waals surface area contributed by atoms with Crippen LogP contribution in [0.5, 0.6) is 0 Å². The third-order valence-corrected chi connectivity index (χ3v) is 11.2. The first-order chi connectivity index (χ1) is 27.7. The third-order valence-electron chi connectivity index (χ3n) is 11.2. The van der Waals surface area contributed by atoms with Crippen molar-refractivity contribution in [2.75, 3.05) is 0 Å². The van der Waals surface area contributed by atoms with Crippen molar-refractivity contribution < 1.29 is 4.42 Å². The number of nitrogens with zero attached hydrogens (tertiary/aromatic N) is 4. The van der Waals surface area contributed by atoms with Crippen molar-refractivity contribution in [2.24, 2.45) is 0 Å². The Hall–Kier alpha value is -7.63. The second kappa shape index (κ2) is 11.9. The lowest BCUT2D eigenvalue weighted by molar-refractivity contribution is 0.669. The van der Waals surface area contributed by atoms with Crippen LogP contribution in [0.3, 0.4) is 0 Å². The number of benzene rings is 9. The van der Waals surface area contributed by atoms with Gasteiger partial charge >= 0.3 is 0 Å². The highest BCUT2D eigenvalue weighted by Crippen LogP contribution is 2.42. The van der Waals surface area contributed by atoms with E-state index in [-0.39, 0.29) is 0 Å². The summed E-state index contributed by atoms with van der Waals surface area (Å²) in [6.45, 7) is 0. The molecule has 5 nitrogen and oxygen atoms in total. The van der Waals surface area contributed by atoms with E-state index in [1.807, 2.05) is 30.3 Å². The quantitative estimate of drug-likeness (QED) is 0.182. The smallest absolute Gasteiger partial charge is 0.164 e. The first kappa shape index (κ1) is 30.8. The molecule has 9 aromatic carbocycles. The summed E-state index contributed by atoms with van der Waals surface area (Å²) in [6, 6.07) is 63.9. The summed E-state index contributed by atoms with van der Waals surface area (Å²) in [4.78, 5) is 15.3. The Balaban J connectivity index is 1.10. The van der Waals surface area contributed by atoms with E-state index < -0.39 is 0 Å². The molecule has 0 radical (unpaired) electrons. The predicted octanol–water partition coefficient (Wildman–Crippen LogP) is 13.3. The molecule has 0 N–H and O–H groups in total. The van der Waals surface area contributed by atoms with Gasteiger partial charge in [0.05, 0.1) is 16.7 Å². The highest BCUT2D eigenvalue weighted by molar-refractivity contribution is 6.22. The highest BCUT2D eigenvalue weighted by atomic mass is 16.3. The molecule has 0 bridgehead atoms. The number of para-hydroxylation sites is 1. The summed E-state index contributed by atoms with van der Waals surface area (Å²) < 4.78 is 9.16. The number of fused-ring (bicyclic) bond motifs is 10. The Kier molecular flexibility index (Phi) is 6.56. The number of aromatic nitrogens is 4. The van der Waals surface area contributed by atoms with Gasteiger partial charge in [-0.1, -0.05) is 140 Å². The first-order valence-electron chi connectivity index (χ1n) is 18.9. The molecule has 5 heteroatoms. The van der Waals surface area contributed by atoms with Gasteiger partial charge in [0, 0.05) is 49.7 Å². The Morgan fingerprint density at radius 2 is 1.00 bits per heavy atom. The summed E-state index contributed by atoms with van der Waals surface area (Å²) in [7, 11) is 0. The standard InChI is InChI=1S/C51H30N4O/c1-2-14-32(15-3-1)49-52-50(54-51(53-49)40-23-12-18-31-13-6-7-19-36(31)40)35-25-26-46-42(28-35)48-39-22-9-8-20-37(39)45(30-47(48)56-46)55-43-24-11-10-21-38(43)41-27-33-16-4-5-17-34(33)29-44(41)55/h1-30H. The van der Waals surface area contributed by atoms with E-state index >= 15 is 0 Å². The van der Waals surface area contributed by atoms with Crippen molar-refractivity contribution in [3.8, 4) is 39.9 Å². The van der Waals surface area contributed by atoms with Crippen molar-refractivity contribution in [1.82, 2.24) is 19.5 Å². The normalized spacial score (nSPS) is 11.9. The summed E-state index contributed by atoms with van der Waals surface area (Å²) in [5.41, 5.74) is 7.84. The molecule has 3 heterocycles. The fraction of sp³-hybridized carbons (Fsp3) is 0. The van der Waals surface area contributed by atoms with E-state index in [2.05, 4.69) is 156 Å². The van der Waals surface area contributed by atoms with Crippen molar-refractivity contribution >= 4 is 76.1 Å². The van der Waals surface area contributed by atoms with Crippen LogP contribution in [0.4, 0.5) is 0 Å². The van der Waals surface area contributed by atoms with E-state index in [9.17, 15) is 0 Å². The van der Waals surface area contributed by atoms with Gasteiger partial charge in [0.25, 0.3) is 0 Å². The van der Waals surface area contributed by atoms with E-state index in [1.54, 1.807) is 0 Å². The first-order valence-corrected chi connectivity index (χ1v) is 18.9. The molecular formula is C51H30N4O. The Morgan fingerprint density at radius 1 is 0.357 bits per heavy atom. The Bertz CT molecular complexity index is 3540. The zero-order valence-electron chi connectivity index (χ0n) is 30.0. The monoisotopic (exact) mass is 714 g/mol. The lowest BCUT2D eigenvalue weighted by Crippen LogP contribution is -2.00. The van der Waals surface area contributed by atoms with Crippen molar-refractivity contribution in [3.63, 3.8) is 0 Å². The minimum absolute atomic E-state index is 0.608. The molecule has 0 atom stereocenters. The van der Waals surface area contributed by atoms with Crippen LogP contribution in [0.25, 0.3) is 116 Å². The molecular weight excluding hydrogens is 685 g/mol. The van der Waals surface area contributed by atoms with Crippen molar-refractivity contribution in [3.05, 3.63) is 182 Å². The van der Waals surface area contributed by atoms with Crippen molar-refractivity contribution in [1.29, 1.82) is 0 Å². The molecule has 0 aliphatic heterocycles. The molecule has 0 aliphatic carbocycles. The maximum absolute atomic E-state index is 6.75. The van der Waals surface area contributed by atoms with Gasteiger partial charge in [-0.15, -0.1) is 0 Å². The highest BCUT2D eigenvalue weighted by Gasteiger charge is 2.21. The molecule has 260 valence electrons. The fourth-order valence-electron chi connectivity index (χ4n) is 8.62. The summed E-state index contributed by atoms with van der Waals surface area (Å²) in [5, 5.41) is 11.5. The average Bonchev–Trinajstić information content (AvgIpc) is 3.80. The molecule has 0 amide bonds. The lowest BCUT2D eigenvalue weighted by Gasteiger charge is -2.13. The van der Waals surface area contributed by atoms with Gasteiger partial charge in [-0.05, 0) is 63.3 Å². The van der Waals surface area contributed by atoms with Gasteiger partial charge in [0.1, 0.15) is 11.2 Å². The molecule has 0 saturated heterocycles. The Labute approximate surface area is 320 Å². The molecule has 0 saturated carbocycles. The zero-order chi connectivity index (χ0) is 36.7. The van der Waals surface area contributed by atoms with Crippen LogP contribution < -0.4 is 0 Å². The zero-order valence-corrected chi connectivity index (χ0v) is 30.0. The van der Waals surface area contributed by atoms with Gasteiger partial charge in [-0.25, -0.2) is 15.0 Å². The molecule has 12 aromatic rings. The predicted molar refractivity (Wildman–Crippen MR) is 230 cm³/mol. The molecule has 0 spiro atoms. The van der Waals surface area contributed by atoms with Gasteiger partial charge in [0.15, 0.2) is 17.5 Å². The van der Waals surface area contributed by atoms with Crippen LogP contribution in [0.15, 0.2) is 186 Å². The molecule has 3 aromatic heterocycles.